The number of hydrogen-bond acceptors (Lipinski definition) is 4. The first-order valence-corrected chi connectivity index (χ1v) is 5.35. The standard InChI is InChI=1S/C13H13NO3/c1-2-17-13(16)12-6-5-10(9-15)8-11(12)4-3-7-14/h5-6,8-9H,2-4H2,1H3. The normalized spacial score (nSPS) is 9.41. The van der Waals surface area contributed by atoms with Crippen molar-refractivity contribution in [2.24, 2.45) is 0 Å². The molecule has 0 aromatic heterocycles. The molecule has 0 aliphatic heterocycles. The van der Waals surface area contributed by atoms with Crippen molar-refractivity contribution in [1.82, 2.24) is 0 Å². The van der Waals surface area contributed by atoms with Gasteiger partial charge in [-0.2, -0.15) is 5.26 Å². The third-order valence-electron chi connectivity index (χ3n) is 2.27. The minimum absolute atomic E-state index is 0.298. The van der Waals surface area contributed by atoms with E-state index in [1.165, 1.54) is 0 Å². The maximum absolute atomic E-state index is 11.6. The van der Waals surface area contributed by atoms with Crippen LogP contribution in [0, 0.1) is 11.3 Å². The van der Waals surface area contributed by atoms with Crippen LogP contribution in [-0.4, -0.2) is 18.9 Å². The number of nitrogens with zero attached hydrogens (tertiary/aromatic N) is 1. The summed E-state index contributed by atoms with van der Waals surface area (Å²) >= 11 is 0. The number of hydrogen-bond donors (Lipinski definition) is 0. The minimum Gasteiger partial charge on any atom is -0.462 e. The van der Waals surface area contributed by atoms with Gasteiger partial charge in [0.1, 0.15) is 6.29 Å². The average Bonchev–Trinajstić information content (AvgIpc) is 2.36. The molecule has 0 bridgehead atoms. The fourth-order valence-corrected chi connectivity index (χ4v) is 1.49. The first-order chi connectivity index (χ1) is 8.22. The lowest BCUT2D eigenvalue weighted by Crippen LogP contribution is -2.08. The first-order valence-electron chi connectivity index (χ1n) is 5.35. The van der Waals surface area contributed by atoms with E-state index in [4.69, 9.17) is 10.00 Å². The number of esters is 1. The Kier molecular flexibility index (Phi) is 4.89. The zero-order valence-electron chi connectivity index (χ0n) is 9.60. The number of carbonyl (C=O) groups excluding carboxylic acids is 2. The van der Waals surface area contributed by atoms with Gasteiger partial charge in [0.05, 0.1) is 18.2 Å². The van der Waals surface area contributed by atoms with Gasteiger partial charge in [-0.05, 0) is 31.0 Å². The van der Waals surface area contributed by atoms with Crippen LogP contribution < -0.4 is 0 Å². The highest BCUT2D eigenvalue weighted by atomic mass is 16.5. The van der Waals surface area contributed by atoms with E-state index in [2.05, 4.69) is 0 Å². The van der Waals surface area contributed by atoms with Gasteiger partial charge in [0.15, 0.2) is 0 Å². The predicted molar refractivity (Wildman–Crippen MR) is 61.7 cm³/mol. The summed E-state index contributed by atoms with van der Waals surface area (Å²) in [7, 11) is 0. The Bertz CT molecular complexity index is 460. The molecule has 1 rings (SSSR count). The summed E-state index contributed by atoms with van der Waals surface area (Å²) in [5.41, 5.74) is 1.59. The maximum Gasteiger partial charge on any atom is 0.338 e. The largest absolute Gasteiger partial charge is 0.462 e. The molecule has 88 valence electrons. The van der Waals surface area contributed by atoms with Crippen LogP contribution in [0.1, 0.15) is 39.6 Å². The fourth-order valence-electron chi connectivity index (χ4n) is 1.49. The molecule has 0 amide bonds. The number of ether oxygens (including phenoxy) is 1. The van der Waals surface area contributed by atoms with E-state index in [1.54, 1.807) is 25.1 Å². The minimum atomic E-state index is -0.419. The summed E-state index contributed by atoms with van der Waals surface area (Å²) < 4.78 is 4.91. The van der Waals surface area contributed by atoms with Crippen LogP contribution in [0.3, 0.4) is 0 Å². The van der Waals surface area contributed by atoms with Crippen LogP contribution in [0.2, 0.25) is 0 Å². The zero-order valence-corrected chi connectivity index (χ0v) is 9.60. The molecular formula is C13H13NO3. The van der Waals surface area contributed by atoms with Crippen molar-refractivity contribution in [1.29, 1.82) is 5.26 Å². The monoisotopic (exact) mass is 231 g/mol. The Labute approximate surface area is 99.8 Å². The molecule has 0 fully saturated rings. The average molecular weight is 231 g/mol. The van der Waals surface area contributed by atoms with Gasteiger partial charge in [-0.1, -0.05) is 6.07 Å². The van der Waals surface area contributed by atoms with Crippen molar-refractivity contribution in [3.05, 3.63) is 34.9 Å². The smallest absolute Gasteiger partial charge is 0.338 e. The van der Waals surface area contributed by atoms with Crippen LogP contribution >= 0.6 is 0 Å². The third-order valence-corrected chi connectivity index (χ3v) is 2.27. The molecule has 0 spiro atoms. The lowest BCUT2D eigenvalue weighted by molar-refractivity contribution is 0.0525. The van der Waals surface area contributed by atoms with Crippen LogP contribution in [0.5, 0.6) is 0 Å². The SMILES string of the molecule is CCOC(=O)c1ccc(C=O)cc1CCC#N. The maximum atomic E-state index is 11.6. The predicted octanol–water partition coefficient (Wildman–Crippen LogP) is 2.13. The van der Waals surface area contributed by atoms with Crippen LogP contribution in [0.25, 0.3) is 0 Å². The molecule has 4 nitrogen and oxygen atoms in total. The molecule has 0 heterocycles. The van der Waals surface area contributed by atoms with Crippen LogP contribution in [-0.2, 0) is 11.2 Å². The molecular weight excluding hydrogens is 218 g/mol. The molecule has 1 aromatic rings. The first kappa shape index (κ1) is 12.9. The highest BCUT2D eigenvalue weighted by Crippen LogP contribution is 2.14. The second-order valence-corrected chi connectivity index (χ2v) is 3.41. The van der Waals surface area contributed by atoms with E-state index >= 15 is 0 Å². The Balaban J connectivity index is 3.06. The molecule has 0 N–H and O–H groups in total. The molecule has 4 heteroatoms. The van der Waals surface area contributed by atoms with Gasteiger partial charge in [-0.25, -0.2) is 4.79 Å². The van der Waals surface area contributed by atoms with E-state index in [0.717, 1.165) is 0 Å². The van der Waals surface area contributed by atoms with Crippen molar-refractivity contribution < 1.29 is 14.3 Å². The van der Waals surface area contributed by atoms with Crippen LogP contribution in [0.15, 0.2) is 18.2 Å². The number of aldehydes is 1. The van der Waals surface area contributed by atoms with Gasteiger partial charge in [0.25, 0.3) is 0 Å². The van der Waals surface area contributed by atoms with E-state index in [0.29, 0.717) is 42.4 Å². The molecule has 0 saturated carbocycles. The van der Waals surface area contributed by atoms with Gasteiger partial charge in [-0.3, -0.25) is 4.79 Å². The molecule has 17 heavy (non-hydrogen) atoms. The number of carbonyl (C=O) groups is 2. The molecule has 0 saturated heterocycles. The molecule has 0 atom stereocenters. The van der Waals surface area contributed by atoms with E-state index < -0.39 is 5.97 Å². The fraction of sp³-hybridized carbons (Fsp3) is 0.308. The number of aryl methyl sites for hydroxylation is 1. The summed E-state index contributed by atoms with van der Waals surface area (Å²) in [5, 5.41) is 8.55. The van der Waals surface area contributed by atoms with Crippen LogP contribution in [0.4, 0.5) is 0 Å². The summed E-state index contributed by atoms with van der Waals surface area (Å²) in [6.45, 7) is 2.03. The van der Waals surface area contributed by atoms with Crippen molar-refractivity contribution in [2.45, 2.75) is 19.8 Å². The molecule has 0 aliphatic carbocycles. The third kappa shape index (κ3) is 3.42. The summed E-state index contributed by atoms with van der Waals surface area (Å²) in [6.07, 6.45) is 1.45. The number of nitriles is 1. The van der Waals surface area contributed by atoms with Crippen molar-refractivity contribution >= 4 is 12.3 Å². The molecule has 1 aromatic carbocycles. The highest BCUT2D eigenvalue weighted by molar-refractivity contribution is 5.92. The lowest BCUT2D eigenvalue weighted by Gasteiger charge is -2.08. The lowest BCUT2D eigenvalue weighted by atomic mass is 10.0. The number of rotatable bonds is 5. The summed E-state index contributed by atoms with van der Waals surface area (Å²) in [5.74, 6) is -0.419. The van der Waals surface area contributed by atoms with E-state index in [-0.39, 0.29) is 0 Å². The molecule has 0 unspecified atom stereocenters. The Morgan fingerprint density at radius 3 is 2.88 bits per heavy atom. The zero-order chi connectivity index (χ0) is 12.7. The van der Waals surface area contributed by atoms with Gasteiger partial charge in [-0.15, -0.1) is 0 Å². The Morgan fingerprint density at radius 2 is 2.29 bits per heavy atom. The van der Waals surface area contributed by atoms with Gasteiger partial charge >= 0.3 is 5.97 Å². The van der Waals surface area contributed by atoms with E-state index in [1.807, 2.05) is 6.07 Å². The topological polar surface area (TPSA) is 67.2 Å². The van der Waals surface area contributed by atoms with Crippen molar-refractivity contribution in [2.75, 3.05) is 6.61 Å². The second-order valence-electron chi connectivity index (χ2n) is 3.41. The number of benzene rings is 1. The van der Waals surface area contributed by atoms with Crippen molar-refractivity contribution in [3.8, 4) is 6.07 Å². The van der Waals surface area contributed by atoms with E-state index in [9.17, 15) is 9.59 Å². The quantitative estimate of drug-likeness (QED) is 0.575. The molecule has 0 radical (unpaired) electrons. The second kappa shape index (κ2) is 6.44. The molecule has 0 aliphatic rings. The summed E-state index contributed by atoms with van der Waals surface area (Å²) in [6, 6.07) is 6.76. The van der Waals surface area contributed by atoms with Gasteiger partial charge < -0.3 is 4.74 Å². The van der Waals surface area contributed by atoms with Gasteiger partial charge in [0.2, 0.25) is 0 Å². The van der Waals surface area contributed by atoms with Crippen molar-refractivity contribution in [3.63, 3.8) is 0 Å². The van der Waals surface area contributed by atoms with Gasteiger partial charge in [0, 0.05) is 12.0 Å². The summed E-state index contributed by atoms with van der Waals surface area (Å²) in [4.78, 5) is 22.3. The Morgan fingerprint density at radius 1 is 1.53 bits per heavy atom. The highest BCUT2D eigenvalue weighted by Gasteiger charge is 2.12. The Hall–Kier alpha value is -2.15.